The largest absolute Gasteiger partial charge is 0.350 e. The lowest BCUT2D eigenvalue weighted by molar-refractivity contribution is 0.0992. The van der Waals surface area contributed by atoms with E-state index in [0.717, 1.165) is 57.5 Å². The first-order valence-corrected chi connectivity index (χ1v) is 8.52. The third-order valence-electron chi connectivity index (χ3n) is 5.07. The predicted octanol–water partition coefficient (Wildman–Crippen LogP) is -0.103. The second-order valence-electron chi connectivity index (χ2n) is 6.46. The summed E-state index contributed by atoms with van der Waals surface area (Å²) < 4.78 is 3.19. The van der Waals surface area contributed by atoms with Gasteiger partial charge in [-0.05, 0) is 25.1 Å². The molecule has 0 saturated carbocycles. The zero-order valence-corrected chi connectivity index (χ0v) is 14.6. The Kier molecular flexibility index (Phi) is 5.55. The van der Waals surface area contributed by atoms with Gasteiger partial charge in [0.1, 0.15) is 0 Å². The van der Waals surface area contributed by atoms with Crippen molar-refractivity contribution < 1.29 is 0 Å². The van der Waals surface area contributed by atoms with Crippen LogP contribution in [0.5, 0.6) is 0 Å². The lowest BCUT2D eigenvalue weighted by Crippen LogP contribution is -2.51. The van der Waals surface area contributed by atoms with Crippen molar-refractivity contribution in [3.8, 4) is 0 Å². The Labute approximate surface area is 147 Å². The van der Waals surface area contributed by atoms with Crippen molar-refractivity contribution in [2.75, 3.05) is 45.8 Å². The van der Waals surface area contributed by atoms with Gasteiger partial charge < -0.3 is 5.32 Å². The molecule has 1 unspecified atom stereocenters. The lowest BCUT2D eigenvalue weighted by Gasteiger charge is -2.37. The highest BCUT2D eigenvalue weighted by atomic mass is 35.5. The summed E-state index contributed by atoms with van der Waals surface area (Å²) in [7, 11) is 0. The number of halogens is 1. The van der Waals surface area contributed by atoms with E-state index in [1.807, 2.05) is 18.2 Å². The lowest BCUT2D eigenvalue weighted by atomic mass is 10.2. The van der Waals surface area contributed by atoms with E-state index in [2.05, 4.69) is 20.2 Å². The maximum atomic E-state index is 12.3. The van der Waals surface area contributed by atoms with Gasteiger partial charge in [0.2, 0.25) is 0 Å². The molecule has 2 aromatic rings. The van der Waals surface area contributed by atoms with E-state index < -0.39 is 0 Å². The molecule has 0 radical (unpaired) electrons. The fourth-order valence-corrected chi connectivity index (χ4v) is 3.65. The number of fused-ring (bicyclic) bond motifs is 1. The van der Waals surface area contributed by atoms with Crippen molar-refractivity contribution >= 4 is 18.1 Å². The van der Waals surface area contributed by atoms with Crippen LogP contribution in [0.15, 0.2) is 29.2 Å². The highest BCUT2D eigenvalue weighted by Gasteiger charge is 2.25. The van der Waals surface area contributed by atoms with Gasteiger partial charge in [0.25, 0.3) is 0 Å². The van der Waals surface area contributed by atoms with Crippen molar-refractivity contribution in [1.29, 1.82) is 0 Å². The van der Waals surface area contributed by atoms with E-state index in [4.69, 9.17) is 0 Å². The first-order chi connectivity index (χ1) is 11.3. The summed E-state index contributed by atoms with van der Waals surface area (Å²) in [5, 5.41) is 7.84. The molecule has 1 N–H and O–H groups in total. The Morgan fingerprint density at radius 3 is 2.71 bits per heavy atom. The molecule has 1 atom stereocenters. The minimum Gasteiger partial charge on any atom is -0.315 e. The molecular weight excluding hydrogens is 328 g/mol. The van der Waals surface area contributed by atoms with Crippen LogP contribution in [0.1, 0.15) is 6.42 Å². The second kappa shape index (κ2) is 7.65. The average Bonchev–Trinajstić information content (AvgIpc) is 3.23. The van der Waals surface area contributed by atoms with E-state index in [1.54, 1.807) is 15.3 Å². The maximum absolute atomic E-state index is 12.3. The molecule has 0 bridgehead atoms. The molecule has 2 aromatic heterocycles. The highest BCUT2D eigenvalue weighted by Crippen LogP contribution is 2.11. The third kappa shape index (κ3) is 3.49. The van der Waals surface area contributed by atoms with Crippen LogP contribution in [0.3, 0.4) is 0 Å². The number of rotatable bonds is 4. The third-order valence-corrected chi connectivity index (χ3v) is 5.07. The Bertz CT molecular complexity index is 715. The minimum atomic E-state index is -0.0451. The normalized spacial score (nSPS) is 22.8. The smallest absolute Gasteiger partial charge is 0.315 e. The molecule has 2 aliphatic heterocycles. The SMILES string of the molecule is Cl.O=c1n(CCN2CCN(C3CCNC3)CC2)nc2ccccn12. The molecule has 2 saturated heterocycles. The predicted molar refractivity (Wildman–Crippen MR) is 96.0 cm³/mol. The average molecular weight is 353 g/mol. The zero-order valence-electron chi connectivity index (χ0n) is 13.8. The summed E-state index contributed by atoms with van der Waals surface area (Å²) in [5.74, 6) is 0. The van der Waals surface area contributed by atoms with Crippen molar-refractivity contribution in [1.82, 2.24) is 29.3 Å². The van der Waals surface area contributed by atoms with E-state index >= 15 is 0 Å². The van der Waals surface area contributed by atoms with Gasteiger partial charge in [0.15, 0.2) is 5.65 Å². The topological polar surface area (TPSA) is 57.8 Å². The molecule has 132 valence electrons. The number of piperazine rings is 1. The Morgan fingerprint density at radius 1 is 1.17 bits per heavy atom. The molecule has 24 heavy (non-hydrogen) atoms. The van der Waals surface area contributed by atoms with Gasteiger partial charge in [-0.1, -0.05) is 6.07 Å². The van der Waals surface area contributed by atoms with Gasteiger partial charge >= 0.3 is 5.69 Å². The molecule has 2 fully saturated rings. The molecule has 7 nitrogen and oxygen atoms in total. The number of pyridine rings is 1. The molecule has 0 aliphatic carbocycles. The second-order valence-corrected chi connectivity index (χ2v) is 6.46. The number of hydrogen-bond donors (Lipinski definition) is 1. The Morgan fingerprint density at radius 2 is 2.00 bits per heavy atom. The minimum absolute atomic E-state index is 0. The summed E-state index contributed by atoms with van der Waals surface area (Å²) >= 11 is 0. The zero-order chi connectivity index (χ0) is 15.6. The van der Waals surface area contributed by atoms with Gasteiger partial charge in [0.05, 0.1) is 6.54 Å². The summed E-state index contributed by atoms with van der Waals surface area (Å²) in [6, 6.07) is 6.35. The van der Waals surface area contributed by atoms with Gasteiger partial charge in [0, 0.05) is 51.5 Å². The number of aromatic nitrogens is 3. The highest BCUT2D eigenvalue weighted by molar-refractivity contribution is 5.85. The first kappa shape index (κ1) is 17.4. The molecule has 0 aromatic carbocycles. The van der Waals surface area contributed by atoms with Crippen LogP contribution in [-0.4, -0.2) is 75.8 Å². The summed E-state index contributed by atoms with van der Waals surface area (Å²) in [6.45, 7) is 8.26. The van der Waals surface area contributed by atoms with Gasteiger partial charge in [-0.25, -0.2) is 9.48 Å². The standard InChI is InChI=1S/C16H24N6O.ClH/c23-16-21-6-2-1-3-15(21)18-22(16)12-9-19-7-10-20(11-8-19)14-4-5-17-13-14;/h1-3,6,14,17H,4-5,7-13H2;1H. The van der Waals surface area contributed by atoms with Crippen LogP contribution in [0.2, 0.25) is 0 Å². The van der Waals surface area contributed by atoms with Crippen LogP contribution in [0.4, 0.5) is 0 Å². The molecule has 2 aliphatic rings. The van der Waals surface area contributed by atoms with Crippen LogP contribution in [-0.2, 0) is 6.54 Å². The molecule has 0 spiro atoms. The number of nitrogens with one attached hydrogen (secondary N) is 1. The van der Waals surface area contributed by atoms with E-state index in [1.165, 1.54) is 6.42 Å². The van der Waals surface area contributed by atoms with Gasteiger partial charge in [-0.15, -0.1) is 17.5 Å². The quantitative estimate of drug-likeness (QED) is 0.832. The Balaban J connectivity index is 0.00000169. The van der Waals surface area contributed by atoms with Crippen molar-refractivity contribution in [3.05, 3.63) is 34.9 Å². The van der Waals surface area contributed by atoms with Crippen LogP contribution in [0, 0.1) is 0 Å². The Hall–Kier alpha value is -1.41. The summed E-state index contributed by atoms with van der Waals surface area (Å²) in [4.78, 5) is 17.3. The fourth-order valence-electron chi connectivity index (χ4n) is 3.65. The number of hydrogen-bond acceptors (Lipinski definition) is 5. The van der Waals surface area contributed by atoms with E-state index in [0.29, 0.717) is 6.54 Å². The molecule has 4 heterocycles. The number of nitrogens with zero attached hydrogens (tertiary/aromatic N) is 5. The van der Waals surface area contributed by atoms with E-state index in [-0.39, 0.29) is 18.1 Å². The van der Waals surface area contributed by atoms with E-state index in [9.17, 15) is 4.79 Å². The molecule has 8 heteroatoms. The van der Waals surface area contributed by atoms with Gasteiger partial charge in [-0.2, -0.15) is 0 Å². The first-order valence-electron chi connectivity index (χ1n) is 8.52. The van der Waals surface area contributed by atoms with Crippen molar-refractivity contribution in [2.45, 2.75) is 19.0 Å². The molecule has 0 amide bonds. The van der Waals surface area contributed by atoms with Crippen LogP contribution < -0.4 is 11.0 Å². The maximum Gasteiger partial charge on any atom is 0.350 e. The molecule has 4 rings (SSSR count). The summed E-state index contributed by atoms with van der Waals surface area (Å²) in [6.07, 6.45) is 3.05. The van der Waals surface area contributed by atoms with Crippen LogP contribution in [0.25, 0.3) is 5.65 Å². The van der Waals surface area contributed by atoms with Crippen molar-refractivity contribution in [2.24, 2.45) is 0 Å². The van der Waals surface area contributed by atoms with Crippen LogP contribution >= 0.6 is 12.4 Å². The van der Waals surface area contributed by atoms with Gasteiger partial charge in [-0.3, -0.25) is 14.2 Å². The molecular formula is C16H25ClN6O. The summed E-state index contributed by atoms with van der Waals surface area (Å²) in [5.41, 5.74) is 0.673. The fraction of sp³-hybridized carbons (Fsp3) is 0.625. The van der Waals surface area contributed by atoms with Crippen molar-refractivity contribution in [3.63, 3.8) is 0 Å². The monoisotopic (exact) mass is 352 g/mol.